The summed E-state index contributed by atoms with van der Waals surface area (Å²) < 4.78 is 12.3. The molecule has 0 bridgehead atoms. The normalized spacial score (nSPS) is 22.1. The van der Waals surface area contributed by atoms with Crippen LogP contribution in [0.4, 0.5) is 5.69 Å². The maximum absolute atomic E-state index is 13.3. The van der Waals surface area contributed by atoms with Gasteiger partial charge in [0.05, 0.1) is 18.8 Å². The van der Waals surface area contributed by atoms with Crippen LogP contribution in [0.3, 0.4) is 0 Å². The fraction of sp³-hybridized carbons (Fsp3) is 0.350. The summed E-state index contributed by atoms with van der Waals surface area (Å²) in [4.78, 5) is 15.1. The third kappa shape index (κ3) is 3.19. The van der Waals surface area contributed by atoms with Gasteiger partial charge in [-0.25, -0.2) is 0 Å². The van der Waals surface area contributed by atoms with Gasteiger partial charge in [0.2, 0.25) is 0 Å². The van der Waals surface area contributed by atoms with Crippen molar-refractivity contribution in [2.45, 2.75) is 25.1 Å². The Morgan fingerprint density at radius 3 is 2.92 bits per heavy atom. The summed E-state index contributed by atoms with van der Waals surface area (Å²) in [6.07, 6.45) is 1.79. The lowest BCUT2D eigenvalue weighted by Crippen LogP contribution is -2.46. The smallest absolute Gasteiger partial charge is 0.257 e. The second kappa shape index (κ2) is 7.29. The molecule has 0 aliphatic carbocycles. The molecule has 1 saturated heterocycles. The first-order chi connectivity index (χ1) is 12.7. The second-order valence-corrected chi connectivity index (χ2v) is 7.49. The molecule has 1 N–H and O–H groups in total. The van der Waals surface area contributed by atoms with Crippen LogP contribution in [0.5, 0.6) is 5.75 Å². The van der Waals surface area contributed by atoms with Crippen LogP contribution in [0.2, 0.25) is 0 Å². The van der Waals surface area contributed by atoms with Crippen molar-refractivity contribution in [3.05, 3.63) is 58.1 Å². The van der Waals surface area contributed by atoms with Gasteiger partial charge in [-0.1, -0.05) is 28.1 Å². The molecular formula is C20H21BrN2O3. The molecule has 0 saturated carbocycles. The van der Waals surface area contributed by atoms with E-state index in [0.717, 1.165) is 40.9 Å². The van der Waals surface area contributed by atoms with Crippen molar-refractivity contribution in [3.8, 4) is 5.75 Å². The van der Waals surface area contributed by atoms with Gasteiger partial charge in [-0.2, -0.15) is 0 Å². The zero-order valence-corrected chi connectivity index (χ0v) is 16.2. The largest absolute Gasteiger partial charge is 0.496 e. The molecular weight excluding hydrogens is 396 g/mol. The van der Waals surface area contributed by atoms with Gasteiger partial charge in [0.1, 0.15) is 11.9 Å². The van der Waals surface area contributed by atoms with Crippen LogP contribution in [-0.2, 0) is 4.74 Å². The van der Waals surface area contributed by atoms with E-state index in [0.29, 0.717) is 12.1 Å². The number of nitrogens with zero attached hydrogens (tertiary/aromatic N) is 1. The van der Waals surface area contributed by atoms with E-state index in [-0.39, 0.29) is 18.2 Å². The van der Waals surface area contributed by atoms with Crippen molar-refractivity contribution in [1.29, 1.82) is 0 Å². The SMILES string of the molecule is COc1ccc(Br)cc1C1Nc2ccccc2C(=O)N1CC1CCCO1. The van der Waals surface area contributed by atoms with Gasteiger partial charge in [0.25, 0.3) is 5.91 Å². The van der Waals surface area contributed by atoms with E-state index in [2.05, 4.69) is 21.2 Å². The van der Waals surface area contributed by atoms with Crippen molar-refractivity contribution >= 4 is 27.5 Å². The van der Waals surface area contributed by atoms with Gasteiger partial charge < -0.3 is 19.7 Å². The lowest BCUT2D eigenvalue weighted by molar-refractivity contribution is 0.0424. The van der Waals surface area contributed by atoms with E-state index >= 15 is 0 Å². The van der Waals surface area contributed by atoms with Crippen molar-refractivity contribution in [2.75, 3.05) is 25.6 Å². The Labute approximate surface area is 161 Å². The third-order valence-corrected chi connectivity index (χ3v) is 5.43. The summed E-state index contributed by atoms with van der Waals surface area (Å²) in [5.41, 5.74) is 2.45. The summed E-state index contributed by atoms with van der Waals surface area (Å²) >= 11 is 3.54. The molecule has 2 unspecified atom stereocenters. The summed E-state index contributed by atoms with van der Waals surface area (Å²) in [5.74, 6) is 0.761. The number of amides is 1. The molecule has 1 fully saturated rings. The second-order valence-electron chi connectivity index (χ2n) is 6.57. The van der Waals surface area contributed by atoms with E-state index in [1.165, 1.54) is 0 Å². The highest BCUT2D eigenvalue weighted by Gasteiger charge is 2.36. The highest BCUT2D eigenvalue weighted by Crippen LogP contribution is 2.38. The molecule has 2 aromatic carbocycles. The third-order valence-electron chi connectivity index (χ3n) is 4.93. The molecule has 6 heteroatoms. The van der Waals surface area contributed by atoms with Gasteiger partial charge in [-0.15, -0.1) is 0 Å². The highest BCUT2D eigenvalue weighted by atomic mass is 79.9. The topological polar surface area (TPSA) is 50.8 Å². The minimum atomic E-state index is -0.311. The first-order valence-electron chi connectivity index (χ1n) is 8.79. The molecule has 26 heavy (non-hydrogen) atoms. The van der Waals surface area contributed by atoms with Crippen LogP contribution in [0.1, 0.15) is 34.9 Å². The standard InChI is InChI=1S/C20H21BrN2O3/c1-25-18-9-8-13(21)11-16(18)19-22-17-7-3-2-6-15(17)20(24)23(19)12-14-5-4-10-26-14/h2-3,6-9,11,14,19,22H,4-5,10,12H2,1H3. The Morgan fingerprint density at radius 1 is 1.31 bits per heavy atom. The van der Waals surface area contributed by atoms with Crippen LogP contribution in [0.25, 0.3) is 0 Å². The fourth-order valence-corrected chi connectivity index (χ4v) is 4.03. The first-order valence-corrected chi connectivity index (χ1v) is 9.58. The Hall–Kier alpha value is -2.05. The number of rotatable bonds is 4. The minimum absolute atomic E-state index is 0.0156. The van der Waals surface area contributed by atoms with E-state index in [4.69, 9.17) is 9.47 Å². The van der Waals surface area contributed by atoms with E-state index < -0.39 is 0 Å². The van der Waals surface area contributed by atoms with Gasteiger partial charge >= 0.3 is 0 Å². The number of ether oxygens (including phenoxy) is 2. The molecule has 0 aromatic heterocycles. The number of hydrogen-bond acceptors (Lipinski definition) is 4. The molecule has 2 heterocycles. The molecule has 2 aromatic rings. The Kier molecular flexibility index (Phi) is 4.87. The molecule has 0 radical (unpaired) electrons. The van der Waals surface area contributed by atoms with Gasteiger partial charge in [-0.05, 0) is 43.2 Å². The Morgan fingerprint density at radius 2 is 2.15 bits per heavy atom. The Bertz CT molecular complexity index is 820. The fourth-order valence-electron chi connectivity index (χ4n) is 3.65. The average Bonchev–Trinajstić information content (AvgIpc) is 3.17. The Balaban J connectivity index is 1.77. The summed E-state index contributed by atoms with van der Waals surface area (Å²) in [6.45, 7) is 1.32. The van der Waals surface area contributed by atoms with Crippen molar-refractivity contribution in [1.82, 2.24) is 4.90 Å². The zero-order chi connectivity index (χ0) is 18.1. The lowest BCUT2D eigenvalue weighted by Gasteiger charge is -2.39. The number of carbonyl (C=O) groups is 1. The molecule has 2 aliphatic heterocycles. The van der Waals surface area contributed by atoms with Crippen LogP contribution in [-0.4, -0.2) is 37.2 Å². The summed E-state index contributed by atoms with van der Waals surface area (Å²) in [7, 11) is 1.65. The number of carbonyl (C=O) groups excluding carboxylic acids is 1. The van der Waals surface area contributed by atoms with Crippen molar-refractivity contribution in [2.24, 2.45) is 0 Å². The maximum atomic E-state index is 13.3. The van der Waals surface area contributed by atoms with E-state index in [9.17, 15) is 4.79 Å². The molecule has 136 valence electrons. The number of halogens is 1. The van der Waals surface area contributed by atoms with Crippen LogP contribution >= 0.6 is 15.9 Å². The molecule has 0 spiro atoms. The number of anilines is 1. The van der Waals surface area contributed by atoms with Crippen molar-refractivity contribution in [3.63, 3.8) is 0 Å². The predicted molar refractivity (Wildman–Crippen MR) is 104 cm³/mol. The van der Waals surface area contributed by atoms with Gasteiger partial charge in [-0.3, -0.25) is 4.79 Å². The van der Waals surface area contributed by atoms with E-state index in [1.54, 1.807) is 7.11 Å². The lowest BCUT2D eigenvalue weighted by atomic mass is 10.0. The molecule has 5 nitrogen and oxygen atoms in total. The van der Waals surface area contributed by atoms with Crippen LogP contribution < -0.4 is 10.1 Å². The number of methoxy groups -OCH3 is 1. The number of fused-ring (bicyclic) bond motifs is 1. The molecule has 2 atom stereocenters. The maximum Gasteiger partial charge on any atom is 0.257 e. The van der Waals surface area contributed by atoms with Gasteiger partial charge in [0, 0.05) is 28.9 Å². The van der Waals surface area contributed by atoms with E-state index in [1.807, 2.05) is 47.4 Å². The number of nitrogens with one attached hydrogen (secondary N) is 1. The molecule has 4 rings (SSSR count). The zero-order valence-electron chi connectivity index (χ0n) is 14.6. The predicted octanol–water partition coefficient (Wildman–Crippen LogP) is 4.20. The van der Waals surface area contributed by atoms with Crippen molar-refractivity contribution < 1.29 is 14.3 Å². The number of hydrogen-bond donors (Lipinski definition) is 1. The first kappa shape index (κ1) is 17.4. The number of benzene rings is 2. The minimum Gasteiger partial charge on any atom is -0.496 e. The van der Waals surface area contributed by atoms with Crippen LogP contribution in [0.15, 0.2) is 46.9 Å². The quantitative estimate of drug-likeness (QED) is 0.810. The van der Waals surface area contributed by atoms with Gasteiger partial charge in [0.15, 0.2) is 0 Å². The average molecular weight is 417 g/mol. The monoisotopic (exact) mass is 416 g/mol. The van der Waals surface area contributed by atoms with Crippen LogP contribution in [0, 0.1) is 0 Å². The molecule has 1 amide bonds. The summed E-state index contributed by atoms with van der Waals surface area (Å²) in [5, 5.41) is 3.52. The molecule has 2 aliphatic rings. The highest BCUT2D eigenvalue weighted by molar-refractivity contribution is 9.10. The summed E-state index contributed by atoms with van der Waals surface area (Å²) in [6, 6.07) is 13.5. The number of para-hydroxylation sites is 1.